The zero-order valence-corrected chi connectivity index (χ0v) is 17.1. The lowest BCUT2D eigenvalue weighted by molar-refractivity contribution is -0.0487. The van der Waals surface area contributed by atoms with Crippen LogP contribution in [0.15, 0.2) is 40.9 Å². The Labute approximate surface area is 180 Å². The van der Waals surface area contributed by atoms with E-state index in [4.69, 9.17) is 9.15 Å². The van der Waals surface area contributed by atoms with Crippen LogP contribution in [0.25, 0.3) is 11.0 Å². The minimum atomic E-state index is -3.07. The summed E-state index contributed by atoms with van der Waals surface area (Å²) in [5.41, 5.74) is 0.383. The lowest BCUT2D eigenvalue weighted by Crippen LogP contribution is -2.57. The standard InChI is InChI=1S/C22H21F4N3O3/c1-12-18(21(30)29-17-6-8-27-11-22(17,25)26)15-9-14(4-5-16(15)32-12)31-10-13-3-2-7-28-19(13)20(23)24/h2-5,7,9,17,20,27H,6,8,10-11H2,1H3,(H,29,30). The predicted octanol–water partition coefficient (Wildman–Crippen LogP) is 4.38. The monoisotopic (exact) mass is 451 g/mol. The van der Waals surface area contributed by atoms with Crippen LogP contribution < -0.4 is 15.4 Å². The number of amides is 1. The second kappa shape index (κ2) is 8.78. The third kappa shape index (κ3) is 4.40. The average molecular weight is 451 g/mol. The SMILES string of the molecule is Cc1oc2ccc(OCc3cccnc3C(F)F)cc2c1C(=O)NC1CCNCC1(F)F. The Balaban J connectivity index is 1.57. The molecule has 0 radical (unpaired) electrons. The van der Waals surface area contributed by atoms with Crippen LogP contribution in [0.1, 0.15) is 40.2 Å². The van der Waals surface area contributed by atoms with Crippen molar-refractivity contribution in [1.82, 2.24) is 15.6 Å². The molecule has 1 fully saturated rings. The number of fused-ring (bicyclic) bond motifs is 1. The zero-order valence-electron chi connectivity index (χ0n) is 17.1. The summed E-state index contributed by atoms with van der Waals surface area (Å²) < 4.78 is 65.7. The third-order valence-electron chi connectivity index (χ3n) is 5.38. The number of piperidine rings is 1. The lowest BCUT2D eigenvalue weighted by atomic mass is 10.0. The van der Waals surface area contributed by atoms with E-state index in [1.54, 1.807) is 19.1 Å². The van der Waals surface area contributed by atoms with Crippen molar-refractivity contribution in [1.29, 1.82) is 0 Å². The summed E-state index contributed by atoms with van der Waals surface area (Å²) in [5.74, 6) is -3.15. The van der Waals surface area contributed by atoms with E-state index in [2.05, 4.69) is 15.6 Å². The number of carbonyl (C=O) groups excluding carboxylic acids is 1. The van der Waals surface area contributed by atoms with Crippen LogP contribution >= 0.6 is 0 Å². The number of aromatic nitrogens is 1. The molecule has 1 aromatic carbocycles. The Morgan fingerprint density at radius 2 is 2.19 bits per heavy atom. The molecule has 2 N–H and O–H groups in total. The number of hydrogen-bond donors (Lipinski definition) is 2. The topological polar surface area (TPSA) is 76.4 Å². The molecule has 0 aliphatic carbocycles. The quantitative estimate of drug-likeness (QED) is 0.544. The van der Waals surface area contributed by atoms with Crippen molar-refractivity contribution in [3.05, 3.63) is 59.1 Å². The second-order valence-electron chi connectivity index (χ2n) is 7.58. The maximum Gasteiger partial charge on any atom is 0.280 e. The average Bonchev–Trinajstić information content (AvgIpc) is 3.08. The largest absolute Gasteiger partial charge is 0.489 e. The molecular formula is C22H21F4N3O3. The number of hydrogen-bond acceptors (Lipinski definition) is 5. The van der Waals surface area contributed by atoms with Gasteiger partial charge in [-0.15, -0.1) is 0 Å². The molecule has 170 valence electrons. The first kappa shape index (κ1) is 22.1. The molecule has 3 heterocycles. The van der Waals surface area contributed by atoms with E-state index < -0.39 is 30.8 Å². The van der Waals surface area contributed by atoms with Gasteiger partial charge in [-0.05, 0) is 44.2 Å². The minimum absolute atomic E-state index is 0.0967. The van der Waals surface area contributed by atoms with Crippen LogP contribution in [0.3, 0.4) is 0 Å². The van der Waals surface area contributed by atoms with Crippen LogP contribution in [-0.2, 0) is 6.61 Å². The van der Waals surface area contributed by atoms with Gasteiger partial charge < -0.3 is 19.8 Å². The number of rotatable bonds is 6. The summed E-state index contributed by atoms with van der Waals surface area (Å²) in [4.78, 5) is 16.5. The molecular weight excluding hydrogens is 430 g/mol. The van der Waals surface area contributed by atoms with E-state index >= 15 is 0 Å². The number of alkyl halides is 4. The highest BCUT2D eigenvalue weighted by atomic mass is 19.3. The molecule has 4 rings (SSSR count). The number of nitrogens with zero attached hydrogens (tertiary/aromatic N) is 1. The van der Waals surface area contributed by atoms with E-state index in [1.165, 1.54) is 24.4 Å². The fourth-order valence-electron chi connectivity index (χ4n) is 3.75. The van der Waals surface area contributed by atoms with Gasteiger partial charge in [0.1, 0.15) is 29.4 Å². The molecule has 1 saturated heterocycles. The number of halogens is 4. The van der Waals surface area contributed by atoms with Gasteiger partial charge in [-0.25, -0.2) is 17.6 Å². The van der Waals surface area contributed by atoms with Crippen LogP contribution in [0.5, 0.6) is 5.75 Å². The number of pyridine rings is 1. The summed E-state index contributed by atoms with van der Waals surface area (Å²) in [6.45, 7) is 1.29. The van der Waals surface area contributed by atoms with E-state index in [1.807, 2.05) is 0 Å². The van der Waals surface area contributed by atoms with Crippen LogP contribution in [0, 0.1) is 6.92 Å². The number of nitrogens with one attached hydrogen (secondary N) is 2. The van der Waals surface area contributed by atoms with Crippen LogP contribution in [0.4, 0.5) is 17.6 Å². The Hall–Kier alpha value is -3.14. The van der Waals surface area contributed by atoms with Gasteiger partial charge in [0.05, 0.1) is 18.2 Å². The number of benzene rings is 1. The van der Waals surface area contributed by atoms with Crippen molar-refractivity contribution in [2.24, 2.45) is 0 Å². The number of aryl methyl sites for hydroxylation is 1. The maximum absolute atomic E-state index is 14.1. The van der Waals surface area contributed by atoms with Gasteiger partial charge in [-0.3, -0.25) is 9.78 Å². The predicted molar refractivity (Wildman–Crippen MR) is 108 cm³/mol. The van der Waals surface area contributed by atoms with E-state index in [-0.39, 0.29) is 35.6 Å². The normalized spacial score (nSPS) is 18.1. The molecule has 0 spiro atoms. The summed E-state index contributed by atoms with van der Waals surface area (Å²) >= 11 is 0. The van der Waals surface area contributed by atoms with Gasteiger partial charge in [0.25, 0.3) is 18.3 Å². The van der Waals surface area contributed by atoms with Crippen molar-refractivity contribution in [3.8, 4) is 5.75 Å². The first-order valence-corrected chi connectivity index (χ1v) is 10.0. The molecule has 6 nitrogen and oxygen atoms in total. The smallest absolute Gasteiger partial charge is 0.280 e. The fraction of sp³-hybridized carbons (Fsp3) is 0.364. The molecule has 2 aromatic heterocycles. The molecule has 1 unspecified atom stereocenters. The van der Waals surface area contributed by atoms with E-state index in [0.717, 1.165) is 0 Å². The molecule has 0 bridgehead atoms. The van der Waals surface area contributed by atoms with Crippen molar-refractivity contribution in [2.75, 3.05) is 13.1 Å². The zero-order chi connectivity index (χ0) is 22.9. The van der Waals surface area contributed by atoms with Gasteiger partial charge in [-0.2, -0.15) is 0 Å². The Morgan fingerprint density at radius 1 is 1.38 bits per heavy atom. The molecule has 1 atom stereocenters. The molecule has 1 aliphatic rings. The summed E-state index contributed by atoms with van der Waals surface area (Å²) in [6.07, 6.45) is -1.36. The van der Waals surface area contributed by atoms with Crippen LogP contribution in [-0.4, -0.2) is 35.9 Å². The van der Waals surface area contributed by atoms with Crippen molar-refractivity contribution < 1.29 is 31.5 Å². The van der Waals surface area contributed by atoms with Gasteiger partial charge in [-0.1, -0.05) is 6.07 Å². The van der Waals surface area contributed by atoms with Gasteiger partial charge >= 0.3 is 0 Å². The van der Waals surface area contributed by atoms with Crippen molar-refractivity contribution >= 4 is 16.9 Å². The fourth-order valence-corrected chi connectivity index (χ4v) is 3.75. The Morgan fingerprint density at radius 3 is 2.94 bits per heavy atom. The third-order valence-corrected chi connectivity index (χ3v) is 5.38. The second-order valence-corrected chi connectivity index (χ2v) is 7.58. The van der Waals surface area contributed by atoms with Gasteiger partial charge in [0, 0.05) is 17.1 Å². The summed E-state index contributed by atoms with van der Waals surface area (Å²) in [6, 6.07) is 6.41. The highest BCUT2D eigenvalue weighted by molar-refractivity contribution is 6.07. The first-order valence-electron chi connectivity index (χ1n) is 10.0. The number of carbonyl (C=O) groups is 1. The lowest BCUT2D eigenvalue weighted by Gasteiger charge is -2.32. The Kier molecular flexibility index (Phi) is 6.05. The van der Waals surface area contributed by atoms with Gasteiger partial charge in [0.15, 0.2) is 0 Å². The van der Waals surface area contributed by atoms with Gasteiger partial charge in [0.2, 0.25) is 0 Å². The number of furan rings is 1. The molecule has 0 saturated carbocycles. The van der Waals surface area contributed by atoms with Crippen LogP contribution in [0.2, 0.25) is 0 Å². The molecule has 10 heteroatoms. The molecule has 3 aromatic rings. The van der Waals surface area contributed by atoms with E-state index in [9.17, 15) is 22.4 Å². The number of ether oxygens (including phenoxy) is 1. The minimum Gasteiger partial charge on any atom is -0.489 e. The Bertz CT molecular complexity index is 1130. The molecule has 32 heavy (non-hydrogen) atoms. The highest BCUT2D eigenvalue weighted by Gasteiger charge is 2.42. The first-order chi connectivity index (χ1) is 15.3. The van der Waals surface area contributed by atoms with Crippen molar-refractivity contribution in [3.63, 3.8) is 0 Å². The summed E-state index contributed by atoms with van der Waals surface area (Å²) in [5, 5.41) is 5.42. The van der Waals surface area contributed by atoms with E-state index in [0.29, 0.717) is 23.3 Å². The van der Waals surface area contributed by atoms with Crippen molar-refractivity contribution in [2.45, 2.75) is 38.3 Å². The molecule has 1 aliphatic heterocycles. The summed E-state index contributed by atoms with van der Waals surface area (Å²) in [7, 11) is 0. The highest BCUT2D eigenvalue weighted by Crippen LogP contribution is 2.31. The molecule has 1 amide bonds. The maximum atomic E-state index is 14.1.